The second-order valence-electron chi connectivity index (χ2n) is 5.27. The molecule has 0 fully saturated rings. The monoisotopic (exact) mass is 357 g/mol. The van der Waals surface area contributed by atoms with Crippen molar-refractivity contribution in [2.45, 2.75) is 13.5 Å². The normalized spacial score (nSPS) is 10.4. The fourth-order valence-electron chi connectivity index (χ4n) is 2.21. The Balaban J connectivity index is 1.61. The number of anilines is 1. The van der Waals surface area contributed by atoms with Crippen LogP contribution < -0.4 is 10.6 Å². The minimum atomic E-state index is -0.242. The Morgan fingerprint density at radius 3 is 2.71 bits per heavy atom. The first-order valence-electron chi connectivity index (χ1n) is 7.42. The average molecular weight is 357 g/mol. The predicted octanol–water partition coefficient (Wildman–Crippen LogP) is 4.74. The Labute approximate surface area is 149 Å². The van der Waals surface area contributed by atoms with Crippen molar-refractivity contribution >= 4 is 34.4 Å². The maximum Gasteiger partial charge on any atom is 0.171 e. The zero-order valence-corrected chi connectivity index (χ0v) is 14.7. The van der Waals surface area contributed by atoms with Crippen LogP contribution in [-0.2, 0) is 6.54 Å². The molecule has 24 heavy (non-hydrogen) atoms. The van der Waals surface area contributed by atoms with Gasteiger partial charge in [0.2, 0.25) is 0 Å². The zero-order chi connectivity index (χ0) is 16.9. The highest BCUT2D eigenvalue weighted by molar-refractivity contribution is 7.80. The molecule has 2 aromatic carbocycles. The summed E-state index contributed by atoms with van der Waals surface area (Å²) in [4.78, 5) is 4.50. The van der Waals surface area contributed by atoms with Gasteiger partial charge in [-0.2, -0.15) is 0 Å². The molecule has 3 aromatic rings. The summed E-state index contributed by atoms with van der Waals surface area (Å²) >= 11 is 6.94. The number of thiocarbonyl (C=S) groups is 1. The predicted molar refractivity (Wildman–Crippen MR) is 102 cm³/mol. The molecule has 0 unspecified atom stereocenters. The highest BCUT2D eigenvalue weighted by Gasteiger charge is 2.04. The average Bonchev–Trinajstić information content (AvgIpc) is 3.01. The molecule has 3 nitrogen and oxygen atoms in total. The van der Waals surface area contributed by atoms with Gasteiger partial charge in [0.25, 0.3) is 0 Å². The maximum atomic E-state index is 12.9. The third-order valence-corrected chi connectivity index (χ3v) is 4.42. The molecular weight excluding hydrogens is 341 g/mol. The lowest BCUT2D eigenvalue weighted by molar-refractivity contribution is 0.627. The van der Waals surface area contributed by atoms with Crippen LogP contribution in [0.1, 0.15) is 10.6 Å². The molecule has 1 aromatic heterocycles. The lowest BCUT2D eigenvalue weighted by Crippen LogP contribution is -2.27. The van der Waals surface area contributed by atoms with E-state index in [4.69, 9.17) is 12.2 Å². The van der Waals surface area contributed by atoms with Crippen LogP contribution in [0.3, 0.4) is 0 Å². The van der Waals surface area contributed by atoms with E-state index in [2.05, 4.69) is 15.6 Å². The van der Waals surface area contributed by atoms with E-state index >= 15 is 0 Å². The number of benzene rings is 2. The van der Waals surface area contributed by atoms with Crippen molar-refractivity contribution in [3.8, 4) is 11.3 Å². The molecule has 122 valence electrons. The van der Waals surface area contributed by atoms with Crippen LogP contribution in [-0.4, -0.2) is 10.1 Å². The van der Waals surface area contributed by atoms with Gasteiger partial charge in [0.15, 0.2) is 5.11 Å². The second-order valence-corrected chi connectivity index (χ2v) is 6.74. The summed E-state index contributed by atoms with van der Waals surface area (Å²) < 4.78 is 12.9. The maximum absolute atomic E-state index is 12.9. The summed E-state index contributed by atoms with van der Waals surface area (Å²) in [6.07, 6.45) is 0. The first kappa shape index (κ1) is 16.5. The quantitative estimate of drug-likeness (QED) is 0.661. The first-order valence-corrected chi connectivity index (χ1v) is 8.71. The number of halogens is 1. The number of thiazole rings is 1. The van der Waals surface area contributed by atoms with Gasteiger partial charge in [-0.15, -0.1) is 11.3 Å². The molecule has 0 saturated carbocycles. The van der Waals surface area contributed by atoms with Gasteiger partial charge in [0, 0.05) is 23.2 Å². The van der Waals surface area contributed by atoms with E-state index in [0.29, 0.717) is 11.7 Å². The topological polar surface area (TPSA) is 37.0 Å². The van der Waals surface area contributed by atoms with Crippen LogP contribution in [0.25, 0.3) is 11.3 Å². The molecule has 0 atom stereocenters. The molecule has 0 spiro atoms. The van der Waals surface area contributed by atoms with Crippen molar-refractivity contribution in [1.29, 1.82) is 0 Å². The lowest BCUT2D eigenvalue weighted by Gasteiger charge is -2.11. The third kappa shape index (κ3) is 4.37. The zero-order valence-electron chi connectivity index (χ0n) is 13.0. The minimum Gasteiger partial charge on any atom is -0.358 e. The van der Waals surface area contributed by atoms with E-state index < -0.39 is 0 Å². The van der Waals surface area contributed by atoms with Crippen molar-refractivity contribution in [1.82, 2.24) is 10.3 Å². The summed E-state index contributed by atoms with van der Waals surface area (Å²) in [5, 5.41) is 9.88. The highest BCUT2D eigenvalue weighted by atomic mass is 32.1. The second kappa shape index (κ2) is 7.51. The minimum absolute atomic E-state index is 0.242. The van der Waals surface area contributed by atoms with Crippen molar-refractivity contribution in [2.75, 3.05) is 5.32 Å². The van der Waals surface area contributed by atoms with Gasteiger partial charge in [0.1, 0.15) is 5.82 Å². The summed E-state index contributed by atoms with van der Waals surface area (Å²) in [6.45, 7) is 2.53. The van der Waals surface area contributed by atoms with Gasteiger partial charge in [0.05, 0.1) is 10.7 Å². The molecule has 0 amide bonds. The molecular formula is C18H16FN3S2. The standard InChI is InChI=1S/C18H16FN3S2/c1-12-21-17(11-24-12)14-3-2-4-16(9-14)22-18(23)20-10-13-5-7-15(19)8-6-13/h2-9,11H,10H2,1H3,(H2,20,22,23). The number of aryl methyl sites for hydroxylation is 1. The Kier molecular flexibility index (Phi) is 5.17. The Bertz CT molecular complexity index is 843. The summed E-state index contributed by atoms with van der Waals surface area (Å²) in [5.74, 6) is -0.242. The molecule has 0 aliphatic carbocycles. The molecule has 0 aliphatic heterocycles. The van der Waals surface area contributed by atoms with Crippen LogP contribution in [0.4, 0.5) is 10.1 Å². The van der Waals surface area contributed by atoms with E-state index in [1.807, 2.05) is 36.6 Å². The molecule has 0 radical (unpaired) electrons. The van der Waals surface area contributed by atoms with Crippen molar-refractivity contribution in [2.24, 2.45) is 0 Å². The number of nitrogens with zero attached hydrogens (tertiary/aromatic N) is 1. The number of hydrogen-bond donors (Lipinski definition) is 2. The van der Waals surface area contributed by atoms with Crippen LogP contribution in [0.5, 0.6) is 0 Å². The number of aromatic nitrogens is 1. The van der Waals surface area contributed by atoms with E-state index in [0.717, 1.165) is 27.5 Å². The largest absolute Gasteiger partial charge is 0.358 e. The molecule has 0 saturated heterocycles. The van der Waals surface area contributed by atoms with Crippen LogP contribution in [0, 0.1) is 12.7 Å². The molecule has 0 aliphatic rings. The third-order valence-electron chi connectivity index (χ3n) is 3.40. The number of rotatable bonds is 4. The van der Waals surface area contributed by atoms with Gasteiger partial charge < -0.3 is 10.6 Å². The van der Waals surface area contributed by atoms with E-state index in [1.54, 1.807) is 23.5 Å². The van der Waals surface area contributed by atoms with Crippen LogP contribution in [0.2, 0.25) is 0 Å². The summed E-state index contributed by atoms with van der Waals surface area (Å²) in [5.41, 5.74) is 3.87. The first-order chi connectivity index (χ1) is 11.6. The lowest BCUT2D eigenvalue weighted by atomic mass is 10.1. The van der Waals surface area contributed by atoms with Gasteiger partial charge >= 0.3 is 0 Å². The Hall–Kier alpha value is -2.31. The SMILES string of the molecule is Cc1nc(-c2cccc(NC(=S)NCc3ccc(F)cc3)c2)cs1. The Morgan fingerprint density at radius 1 is 1.21 bits per heavy atom. The smallest absolute Gasteiger partial charge is 0.171 e. The Morgan fingerprint density at radius 2 is 2.00 bits per heavy atom. The molecule has 2 N–H and O–H groups in total. The van der Waals surface area contributed by atoms with Gasteiger partial charge in [-0.05, 0) is 49.0 Å². The van der Waals surface area contributed by atoms with Crippen molar-refractivity contribution in [3.63, 3.8) is 0 Å². The molecule has 1 heterocycles. The molecule has 0 bridgehead atoms. The van der Waals surface area contributed by atoms with Crippen molar-refractivity contribution < 1.29 is 4.39 Å². The van der Waals surface area contributed by atoms with Crippen molar-refractivity contribution in [3.05, 3.63) is 70.3 Å². The highest BCUT2D eigenvalue weighted by Crippen LogP contribution is 2.24. The fourth-order valence-corrected chi connectivity index (χ4v) is 3.02. The van der Waals surface area contributed by atoms with E-state index in [9.17, 15) is 4.39 Å². The summed E-state index contributed by atoms with van der Waals surface area (Å²) in [6, 6.07) is 14.3. The van der Waals surface area contributed by atoms with Gasteiger partial charge in [-0.25, -0.2) is 9.37 Å². The van der Waals surface area contributed by atoms with Gasteiger partial charge in [-0.1, -0.05) is 24.3 Å². The van der Waals surface area contributed by atoms with Crippen LogP contribution in [0.15, 0.2) is 53.9 Å². The van der Waals surface area contributed by atoms with Gasteiger partial charge in [-0.3, -0.25) is 0 Å². The van der Waals surface area contributed by atoms with E-state index in [-0.39, 0.29) is 5.82 Å². The molecule has 3 rings (SSSR count). The molecule has 6 heteroatoms. The number of hydrogen-bond acceptors (Lipinski definition) is 3. The number of nitrogens with one attached hydrogen (secondary N) is 2. The fraction of sp³-hybridized carbons (Fsp3) is 0.111. The summed E-state index contributed by atoms with van der Waals surface area (Å²) in [7, 11) is 0. The van der Waals surface area contributed by atoms with Crippen LogP contribution >= 0.6 is 23.6 Å². The van der Waals surface area contributed by atoms with E-state index in [1.165, 1.54) is 12.1 Å².